The van der Waals surface area contributed by atoms with Crippen molar-refractivity contribution in [1.29, 1.82) is 0 Å². The number of nitrogens with two attached hydrogens (primary N) is 1. The third-order valence-electron chi connectivity index (χ3n) is 4.28. The highest BCUT2D eigenvalue weighted by molar-refractivity contribution is 9.10. The first-order chi connectivity index (χ1) is 9.45. The molecule has 2 N–H and O–H groups in total. The second-order valence-electron chi connectivity index (χ2n) is 6.17. The Balaban J connectivity index is 2.10. The molecule has 0 spiro atoms. The molecular weight excluding hydrogens is 321 g/mol. The first-order valence-electron chi connectivity index (χ1n) is 7.08. The standard InChI is InChI=1S/C15H19BrFN3/c1-8-3-9(2)5-10(4-8)20-14-7-12(17)11(16)6-13(14)19-15(20)18/h6-10H,3-5H2,1-2H3,(H2,18,19). The maximum Gasteiger partial charge on any atom is 0.201 e. The zero-order valence-electron chi connectivity index (χ0n) is 11.7. The van der Waals surface area contributed by atoms with Crippen LogP contribution in [0, 0.1) is 17.7 Å². The minimum atomic E-state index is -0.268. The van der Waals surface area contributed by atoms with E-state index in [1.807, 2.05) is 4.57 Å². The molecule has 0 amide bonds. The molecule has 5 heteroatoms. The monoisotopic (exact) mass is 339 g/mol. The molecule has 1 fully saturated rings. The molecule has 2 unspecified atom stereocenters. The molecule has 2 aromatic rings. The van der Waals surface area contributed by atoms with E-state index in [0.717, 1.165) is 23.9 Å². The number of nitrogens with zero attached hydrogens (tertiary/aromatic N) is 2. The third-order valence-corrected chi connectivity index (χ3v) is 4.89. The van der Waals surface area contributed by atoms with Crippen LogP contribution in [0.5, 0.6) is 0 Å². The lowest BCUT2D eigenvalue weighted by Crippen LogP contribution is -2.23. The SMILES string of the molecule is CC1CC(C)CC(n2c(N)nc3cc(Br)c(F)cc32)C1. The lowest BCUT2D eigenvalue weighted by atomic mass is 9.80. The summed E-state index contributed by atoms with van der Waals surface area (Å²) in [5.41, 5.74) is 7.64. The summed E-state index contributed by atoms with van der Waals surface area (Å²) in [6, 6.07) is 3.55. The van der Waals surface area contributed by atoms with Crippen molar-refractivity contribution >= 4 is 32.9 Å². The molecule has 1 saturated carbocycles. The van der Waals surface area contributed by atoms with Crippen molar-refractivity contribution in [3.8, 4) is 0 Å². The van der Waals surface area contributed by atoms with E-state index in [1.54, 1.807) is 6.07 Å². The Hall–Kier alpha value is -1.10. The van der Waals surface area contributed by atoms with Crippen molar-refractivity contribution in [2.75, 3.05) is 5.73 Å². The molecule has 1 aromatic carbocycles. The van der Waals surface area contributed by atoms with Gasteiger partial charge in [0.2, 0.25) is 5.95 Å². The van der Waals surface area contributed by atoms with Gasteiger partial charge in [-0.15, -0.1) is 0 Å². The van der Waals surface area contributed by atoms with Crippen LogP contribution in [0.15, 0.2) is 16.6 Å². The maximum absolute atomic E-state index is 13.8. The Morgan fingerprint density at radius 1 is 1.25 bits per heavy atom. The second-order valence-corrected chi connectivity index (χ2v) is 7.02. The molecule has 3 nitrogen and oxygen atoms in total. The quantitative estimate of drug-likeness (QED) is 0.830. The Morgan fingerprint density at radius 3 is 2.55 bits per heavy atom. The molecule has 1 aliphatic carbocycles. The number of hydrogen-bond donors (Lipinski definition) is 1. The van der Waals surface area contributed by atoms with E-state index in [0.29, 0.717) is 28.3 Å². The number of aromatic nitrogens is 2. The van der Waals surface area contributed by atoms with E-state index in [-0.39, 0.29) is 5.82 Å². The fourth-order valence-electron chi connectivity index (χ4n) is 3.61. The predicted octanol–water partition coefficient (Wildman–Crippen LogP) is 4.52. The van der Waals surface area contributed by atoms with Crippen LogP contribution in [-0.4, -0.2) is 9.55 Å². The van der Waals surface area contributed by atoms with Gasteiger partial charge in [-0.2, -0.15) is 0 Å². The molecule has 3 rings (SSSR count). The van der Waals surface area contributed by atoms with E-state index in [2.05, 4.69) is 34.8 Å². The fraction of sp³-hybridized carbons (Fsp3) is 0.533. The van der Waals surface area contributed by atoms with Gasteiger partial charge < -0.3 is 10.3 Å². The molecule has 0 aliphatic heterocycles. The van der Waals surface area contributed by atoms with Crippen molar-refractivity contribution in [1.82, 2.24) is 9.55 Å². The van der Waals surface area contributed by atoms with Gasteiger partial charge in [0, 0.05) is 12.1 Å². The van der Waals surface area contributed by atoms with Gasteiger partial charge in [0.15, 0.2) is 0 Å². The number of halogens is 2. The minimum Gasteiger partial charge on any atom is -0.369 e. The van der Waals surface area contributed by atoms with E-state index < -0.39 is 0 Å². The lowest BCUT2D eigenvalue weighted by molar-refractivity contribution is 0.226. The number of rotatable bonds is 1. The molecule has 0 radical (unpaired) electrons. The summed E-state index contributed by atoms with van der Waals surface area (Å²) in [6.45, 7) is 4.55. The summed E-state index contributed by atoms with van der Waals surface area (Å²) in [7, 11) is 0. The molecule has 108 valence electrons. The van der Waals surface area contributed by atoms with E-state index in [9.17, 15) is 4.39 Å². The topological polar surface area (TPSA) is 43.8 Å². The first-order valence-corrected chi connectivity index (χ1v) is 7.87. The Labute approximate surface area is 126 Å². The smallest absolute Gasteiger partial charge is 0.201 e. The van der Waals surface area contributed by atoms with Crippen LogP contribution in [0.2, 0.25) is 0 Å². The molecule has 1 aliphatic rings. The van der Waals surface area contributed by atoms with Crippen LogP contribution in [0.4, 0.5) is 10.3 Å². The van der Waals surface area contributed by atoms with Gasteiger partial charge in [0.25, 0.3) is 0 Å². The minimum absolute atomic E-state index is 0.268. The number of imidazole rings is 1. The summed E-state index contributed by atoms with van der Waals surface area (Å²) in [5, 5.41) is 0. The Kier molecular flexibility index (Phi) is 3.48. The highest BCUT2D eigenvalue weighted by Gasteiger charge is 2.27. The molecule has 0 saturated heterocycles. The van der Waals surface area contributed by atoms with E-state index in [4.69, 9.17) is 5.73 Å². The first kappa shape index (κ1) is 13.9. The molecule has 2 atom stereocenters. The van der Waals surface area contributed by atoms with Crippen molar-refractivity contribution < 1.29 is 4.39 Å². The molecule has 20 heavy (non-hydrogen) atoms. The number of benzene rings is 1. The number of nitrogen functional groups attached to an aromatic ring is 1. The average Bonchev–Trinajstić information content (AvgIpc) is 2.64. The number of hydrogen-bond acceptors (Lipinski definition) is 2. The fourth-order valence-corrected chi connectivity index (χ4v) is 3.94. The van der Waals surface area contributed by atoms with E-state index >= 15 is 0 Å². The normalized spacial score (nSPS) is 27.1. The number of anilines is 1. The van der Waals surface area contributed by atoms with Crippen LogP contribution in [0.3, 0.4) is 0 Å². The Bertz CT molecular complexity index is 642. The maximum atomic E-state index is 13.8. The van der Waals surface area contributed by atoms with Gasteiger partial charge in [-0.25, -0.2) is 9.37 Å². The largest absolute Gasteiger partial charge is 0.369 e. The zero-order valence-corrected chi connectivity index (χ0v) is 13.3. The number of fused-ring (bicyclic) bond motifs is 1. The second kappa shape index (κ2) is 5.02. The predicted molar refractivity (Wildman–Crippen MR) is 83.0 cm³/mol. The average molecular weight is 340 g/mol. The zero-order chi connectivity index (χ0) is 14.4. The summed E-state index contributed by atoms with van der Waals surface area (Å²) in [6.07, 6.45) is 3.41. The molecule has 1 heterocycles. The van der Waals surface area contributed by atoms with Gasteiger partial charge in [0.1, 0.15) is 5.82 Å². The van der Waals surface area contributed by atoms with Gasteiger partial charge in [-0.05, 0) is 53.1 Å². The van der Waals surface area contributed by atoms with Crippen LogP contribution < -0.4 is 5.73 Å². The van der Waals surface area contributed by atoms with Gasteiger partial charge >= 0.3 is 0 Å². The van der Waals surface area contributed by atoms with Crippen LogP contribution in [0.25, 0.3) is 11.0 Å². The van der Waals surface area contributed by atoms with Crippen molar-refractivity contribution in [3.05, 3.63) is 22.4 Å². The molecular formula is C15H19BrFN3. The van der Waals surface area contributed by atoms with Crippen molar-refractivity contribution in [2.45, 2.75) is 39.2 Å². The highest BCUT2D eigenvalue weighted by atomic mass is 79.9. The van der Waals surface area contributed by atoms with Gasteiger partial charge in [-0.3, -0.25) is 0 Å². The van der Waals surface area contributed by atoms with Gasteiger partial charge in [0.05, 0.1) is 15.5 Å². The highest BCUT2D eigenvalue weighted by Crippen LogP contribution is 2.39. The summed E-state index contributed by atoms with van der Waals surface area (Å²) >= 11 is 3.20. The third kappa shape index (κ3) is 2.32. The summed E-state index contributed by atoms with van der Waals surface area (Å²) < 4.78 is 16.3. The van der Waals surface area contributed by atoms with Crippen LogP contribution >= 0.6 is 15.9 Å². The van der Waals surface area contributed by atoms with Crippen LogP contribution in [0.1, 0.15) is 39.2 Å². The van der Waals surface area contributed by atoms with Crippen molar-refractivity contribution in [3.63, 3.8) is 0 Å². The molecule has 0 bridgehead atoms. The van der Waals surface area contributed by atoms with Gasteiger partial charge in [-0.1, -0.05) is 13.8 Å². The van der Waals surface area contributed by atoms with Crippen molar-refractivity contribution in [2.24, 2.45) is 11.8 Å². The summed E-state index contributed by atoms with van der Waals surface area (Å²) in [5.74, 6) is 1.56. The van der Waals surface area contributed by atoms with Crippen LogP contribution in [-0.2, 0) is 0 Å². The Morgan fingerprint density at radius 2 is 1.90 bits per heavy atom. The molecule has 1 aromatic heterocycles. The lowest BCUT2D eigenvalue weighted by Gasteiger charge is -2.33. The van der Waals surface area contributed by atoms with E-state index in [1.165, 1.54) is 12.5 Å². The summed E-state index contributed by atoms with van der Waals surface area (Å²) in [4.78, 5) is 4.38.